The second-order valence-electron chi connectivity index (χ2n) is 3.97. The molecule has 0 N–H and O–H groups in total. The van der Waals surface area contributed by atoms with E-state index in [2.05, 4.69) is 6.92 Å². The highest BCUT2D eigenvalue weighted by Gasteiger charge is 2.08. The topological polar surface area (TPSA) is 52.6 Å². The lowest BCUT2D eigenvalue weighted by molar-refractivity contribution is -0.132. The van der Waals surface area contributed by atoms with E-state index in [1.54, 1.807) is 12.1 Å². The van der Waals surface area contributed by atoms with Crippen molar-refractivity contribution >= 4 is 12.3 Å². The van der Waals surface area contributed by atoms with E-state index in [1.807, 2.05) is 0 Å². The van der Waals surface area contributed by atoms with Crippen LogP contribution in [0.5, 0.6) is 11.5 Å². The molecule has 0 amide bonds. The first-order chi connectivity index (χ1) is 8.67. The molecule has 1 aromatic rings. The van der Waals surface area contributed by atoms with Crippen molar-refractivity contribution in [1.29, 1.82) is 0 Å². The molecule has 0 fully saturated rings. The summed E-state index contributed by atoms with van der Waals surface area (Å²) in [5.41, 5.74) is 0.451. The van der Waals surface area contributed by atoms with Gasteiger partial charge >= 0.3 is 5.97 Å². The van der Waals surface area contributed by atoms with Crippen LogP contribution in [0.25, 0.3) is 0 Å². The highest BCUT2D eigenvalue weighted by Crippen LogP contribution is 2.28. The maximum atomic E-state index is 11.0. The average Bonchev–Trinajstić information content (AvgIpc) is 2.35. The van der Waals surface area contributed by atoms with Crippen molar-refractivity contribution < 1.29 is 19.1 Å². The molecule has 0 radical (unpaired) electrons. The minimum Gasteiger partial charge on any atom is -0.490 e. The lowest BCUT2D eigenvalue weighted by Gasteiger charge is -2.11. The van der Waals surface area contributed by atoms with Crippen LogP contribution in [0, 0.1) is 0 Å². The van der Waals surface area contributed by atoms with Crippen LogP contribution >= 0.6 is 0 Å². The van der Waals surface area contributed by atoms with Crippen molar-refractivity contribution in [3.05, 3.63) is 23.8 Å². The standard InChI is InChI=1S/C14H18O4/c1-3-4-5-8-17-13-7-6-12(10-15)9-14(13)18-11(2)16/h6-7,9-10H,3-5,8H2,1-2H3. The molecule has 4 nitrogen and oxygen atoms in total. The van der Waals surface area contributed by atoms with E-state index in [0.717, 1.165) is 19.3 Å². The Balaban J connectivity index is 2.74. The fourth-order valence-electron chi connectivity index (χ4n) is 1.49. The number of hydrogen-bond donors (Lipinski definition) is 0. The fourth-order valence-corrected chi connectivity index (χ4v) is 1.49. The molecule has 1 rings (SSSR count). The summed E-state index contributed by atoms with van der Waals surface area (Å²) in [5.74, 6) is 0.354. The maximum Gasteiger partial charge on any atom is 0.308 e. The average molecular weight is 250 g/mol. The summed E-state index contributed by atoms with van der Waals surface area (Å²) in [5, 5.41) is 0. The first kappa shape index (κ1) is 14.2. The quantitative estimate of drug-likeness (QED) is 0.323. The number of ether oxygens (including phenoxy) is 2. The number of aldehydes is 1. The monoisotopic (exact) mass is 250 g/mol. The SMILES string of the molecule is CCCCCOc1ccc(C=O)cc1OC(C)=O. The second-order valence-corrected chi connectivity index (χ2v) is 3.97. The van der Waals surface area contributed by atoms with E-state index in [-0.39, 0.29) is 0 Å². The number of carbonyl (C=O) groups is 2. The van der Waals surface area contributed by atoms with Crippen LogP contribution in [0.4, 0.5) is 0 Å². The summed E-state index contributed by atoms with van der Waals surface area (Å²) in [6.07, 6.45) is 3.86. The molecule has 4 heteroatoms. The number of esters is 1. The van der Waals surface area contributed by atoms with Gasteiger partial charge in [0.1, 0.15) is 6.29 Å². The molecular formula is C14H18O4. The summed E-state index contributed by atoms with van der Waals surface area (Å²) in [6.45, 7) is 4.00. The van der Waals surface area contributed by atoms with E-state index in [9.17, 15) is 9.59 Å². The van der Waals surface area contributed by atoms with Gasteiger partial charge in [-0.3, -0.25) is 9.59 Å². The molecule has 98 valence electrons. The van der Waals surface area contributed by atoms with Gasteiger partial charge in [-0.1, -0.05) is 19.8 Å². The molecule has 0 spiro atoms. The van der Waals surface area contributed by atoms with Crippen LogP contribution in [0.15, 0.2) is 18.2 Å². The normalized spacial score (nSPS) is 9.89. The molecule has 18 heavy (non-hydrogen) atoms. The van der Waals surface area contributed by atoms with Gasteiger partial charge in [-0.15, -0.1) is 0 Å². The van der Waals surface area contributed by atoms with Crippen LogP contribution in [0.2, 0.25) is 0 Å². The van der Waals surface area contributed by atoms with Gasteiger partial charge < -0.3 is 9.47 Å². The second kappa shape index (κ2) is 7.48. The molecule has 0 unspecified atom stereocenters. The smallest absolute Gasteiger partial charge is 0.308 e. The summed E-state index contributed by atoms with van der Waals surface area (Å²) >= 11 is 0. The Labute approximate surface area is 107 Å². The van der Waals surface area contributed by atoms with Crippen molar-refractivity contribution in [2.75, 3.05) is 6.61 Å². The third kappa shape index (κ3) is 4.57. The van der Waals surface area contributed by atoms with Crippen LogP contribution < -0.4 is 9.47 Å². The van der Waals surface area contributed by atoms with E-state index in [0.29, 0.717) is 30.0 Å². The zero-order chi connectivity index (χ0) is 13.4. The number of benzene rings is 1. The number of rotatable bonds is 7. The zero-order valence-electron chi connectivity index (χ0n) is 10.8. The van der Waals surface area contributed by atoms with Crippen LogP contribution in [-0.4, -0.2) is 18.9 Å². The van der Waals surface area contributed by atoms with Crippen molar-refractivity contribution in [2.45, 2.75) is 33.1 Å². The molecule has 0 aromatic heterocycles. The Hall–Kier alpha value is -1.84. The molecule has 0 aliphatic rings. The van der Waals surface area contributed by atoms with E-state index < -0.39 is 5.97 Å². The van der Waals surface area contributed by atoms with Crippen LogP contribution in [0.3, 0.4) is 0 Å². The van der Waals surface area contributed by atoms with E-state index in [4.69, 9.17) is 9.47 Å². The molecule has 0 saturated carbocycles. The van der Waals surface area contributed by atoms with Crippen LogP contribution in [-0.2, 0) is 4.79 Å². The summed E-state index contributed by atoms with van der Waals surface area (Å²) < 4.78 is 10.6. The largest absolute Gasteiger partial charge is 0.490 e. The molecule has 0 atom stereocenters. The van der Waals surface area contributed by atoms with Crippen molar-refractivity contribution in [3.8, 4) is 11.5 Å². The number of carbonyl (C=O) groups excluding carboxylic acids is 2. The Morgan fingerprint density at radius 1 is 1.28 bits per heavy atom. The molecule has 0 aliphatic carbocycles. The van der Waals surface area contributed by atoms with Crippen molar-refractivity contribution in [2.24, 2.45) is 0 Å². The van der Waals surface area contributed by atoms with Crippen LogP contribution in [0.1, 0.15) is 43.5 Å². The maximum absolute atomic E-state index is 11.0. The Kier molecular flexibility index (Phi) is 5.91. The minimum absolute atomic E-state index is 0.295. The Bertz CT molecular complexity index is 412. The lowest BCUT2D eigenvalue weighted by atomic mass is 10.2. The summed E-state index contributed by atoms with van der Waals surface area (Å²) in [6, 6.07) is 4.78. The fraction of sp³-hybridized carbons (Fsp3) is 0.429. The van der Waals surface area contributed by atoms with E-state index in [1.165, 1.54) is 13.0 Å². The molecule has 0 heterocycles. The highest BCUT2D eigenvalue weighted by molar-refractivity contribution is 5.78. The third-order valence-electron chi connectivity index (χ3n) is 2.36. The number of hydrogen-bond acceptors (Lipinski definition) is 4. The van der Waals surface area contributed by atoms with Gasteiger partial charge in [-0.05, 0) is 24.6 Å². The van der Waals surface area contributed by atoms with Gasteiger partial charge in [-0.25, -0.2) is 0 Å². The molecule has 0 aliphatic heterocycles. The number of unbranched alkanes of at least 4 members (excludes halogenated alkanes) is 2. The predicted octanol–water partition coefficient (Wildman–Crippen LogP) is 2.99. The predicted molar refractivity (Wildman–Crippen MR) is 68.2 cm³/mol. The lowest BCUT2D eigenvalue weighted by Crippen LogP contribution is -2.05. The minimum atomic E-state index is -0.434. The van der Waals surface area contributed by atoms with Gasteiger partial charge in [-0.2, -0.15) is 0 Å². The zero-order valence-corrected chi connectivity index (χ0v) is 10.8. The first-order valence-electron chi connectivity index (χ1n) is 6.07. The van der Waals surface area contributed by atoms with E-state index >= 15 is 0 Å². The van der Waals surface area contributed by atoms with Crippen molar-refractivity contribution in [1.82, 2.24) is 0 Å². The Morgan fingerprint density at radius 3 is 2.67 bits per heavy atom. The summed E-state index contributed by atoms with van der Waals surface area (Å²) in [7, 11) is 0. The van der Waals surface area contributed by atoms with Gasteiger partial charge in [0.2, 0.25) is 0 Å². The summed E-state index contributed by atoms with van der Waals surface area (Å²) in [4.78, 5) is 21.6. The molecule has 0 bridgehead atoms. The first-order valence-corrected chi connectivity index (χ1v) is 6.07. The Morgan fingerprint density at radius 2 is 2.06 bits per heavy atom. The van der Waals surface area contributed by atoms with Gasteiger partial charge in [0.05, 0.1) is 6.61 Å². The molecule has 1 aromatic carbocycles. The van der Waals surface area contributed by atoms with Gasteiger partial charge in [0, 0.05) is 12.5 Å². The highest BCUT2D eigenvalue weighted by atomic mass is 16.6. The van der Waals surface area contributed by atoms with Gasteiger partial charge in [0.15, 0.2) is 11.5 Å². The molecule has 0 saturated heterocycles. The van der Waals surface area contributed by atoms with Gasteiger partial charge in [0.25, 0.3) is 0 Å². The van der Waals surface area contributed by atoms with Crippen molar-refractivity contribution in [3.63, 3.8) is 0 Å². The third-order valence-corrected chi connectivity index (χ3v) is 2.36. The molecular weight excluding hydrogens is 232 g/mol.